The van der Waals surface area contributed by atoms with Crippen LogP contribution in [-0.2, 0) is 0 Å². The molecule has 2 fully saturated rings. The van der Waals surface area contributed by atoms with Crippen molar-refractivity contribution in [2.75, 3.05) is 7.05 Å². The second kappa shape index (κ2) is 5.68. The van der Waals surface area contributed by atoms with Crippen molar-refractivity contribution in [1.29, 1.82) is 0 Å². The summed E-state index contributed by atoms with van der Waals surface area (Å²) >= 11 is 5.95. The second-order valence-electron chi connectivity index (χ2n) is 6.73. The number of likely N-dealkylation sites (tertiary alicyclic amines) is 1. The van der Waals surface area contributed by atoms with Crippen molar-refractivity contribution in [3.8, 4) is 11.1 Å². The fourth-order valence-electron chi connectivity index (χ4n) is 4.11. The number of halogens is 1. The summed E-state index contributed by atoms with van der Waals surface area (Å²) in [5.74, 6) is 0.906. The first-order valence-electron chi connectivity index (χ1n) is 8.14. The van der Waals surface area contributed by atoms with E-state index in [1.54, 1.807) is 0 Å². The zero-order valence-corrected chi connectivity index (χ0v) is 13.6. The molecule has 22 heavy (non-hydrogen) atoms. The lowest BCUT2D eigenvalue weighted by atomic mass is 9.90. The minimum atomic E-state index is 0.491. The lowest BCUT2D eigenvalue weighted by molar-refractivity contribution is 0.116. The average molecular weight is 313 g/mol. The number of hydrogen-bond donors (Lipinski definition) is 0. The summed E-state index contributed by atoms with van der Waals surface area (Å²) in [4.78, 5) is 7.32. The topological polar surface area (TPSA) is 16.1 Å². The van der Waals surface area contributed by atoms with E-state index in [1.165, 1.54) is 36.9 Å². The standard InChI is InChI=1S/C19H21ClN2/c1-22-17-8-2-13(10-17)11-19(22)18-9-5-15(12-21-18)14-3-6-16(20)7-4-14/h3-7,9,12-13,17,19H,2,8,10-11H2,1H3. The SMILES string of the molecule is CN1C2CCC(C2)CC1c1ccc(-c2ccc(Cl)cc2)cn1. The Labute approximate surface area is 137 Å². The highest BCUT2D eigenvalue weighted by molar-refractivity contribution is 6.30. The predicted molar refractivity (Wildman–Crippen MR) is 90.9 cm³/mol. The summed E-state index contributed by atoms with van der Waals surface area (Å²) in [6, 6.07) is 13.6. The van der Waals surface area contributed by atoms with Gasteiger partial charge in [-0.1, -0.05) is 29.8 Å². The summed E-state index contributed by atoms with van der Waals surface area (Å²) < 4.78 is 0. The molecule has 1 saturated carbocycles. The molecule has 1 aromatic carbocycles. The van der Waals surface area contributed by atoms with E-state index in [0.29, 0.717) is 6.04 Å². The van der Waals surface area contributed by atoms with Crippen molar-refractivity contribution < 1.29 is 0 Å². The van der Waals surface area contributed by atoms with Crippen molar-refractivity contribution in [2.24, 2.45) is 5.92 Å². The summed E-state index contributed by atoms with van der Waals surface area (Å²) in [6.45, 7) is 0. The van der Waals surface area contributed by atoms with Crippen LogP contribution in [0.3, 0.4) is 0 Å². The van der Waals surface area contributed by atoms with Crippen LogP contribution in [0.2, 0.25) is 5.02 Å². The predicted octanol–water partition coefficient (Wildman–Crippen LogP) is 4.95. The molecule has 2 bridgehead atoms. The fourth-order valence-corrected chi connectivity index (χ4v) is 4.24. The van der Waals surface area contributed by atoms with E-state index in [2.05, 4.69) is 24.1 Å². The average Bonchev–Trinajstić information content (AvgIpc) is 2.96. The Kier molecular flexibility index (Phi) is 3.67. The summed E-state index contributed by atoms with van der Waals surface area (Å²) in [6.07, 6.45) is 7.41. The minimum Gasteiger partial charge on any atom is -0.295 e. The number of piperidine rings is 1. The van der Waals surface area contributed by atoms with Gasteiger partial charge in [0.2, 0.25) is 0 Å². The van der Waals surface area contributed by atoms with Crippen LogP contribution >= 0.6 is 11.6 Å². The number of rotatable bonds is 2. The largest absolute Gasteiger partial charge is 0.295 e. The summed E-state index contributed by atoms with van der Waals surface area (Å²) in [7, 11) is 2.27. The van der Waals surface area contributed by atoms with E-state index in [9.17, 15) is 0 Å². The number of hydrogen-bond acceptors (Lipinski definition) is 2. The molecule has 2 aromatic rings. The van der Waals surface area contributed by atoms with Crippen LogP contribution in [-0.4, -0.2) is 23.0 Å². The Morgan fingerprint density at radius 2 is 1.77 bits per heavy atom. The molecule has 2 heterocycles. The highest BCUT2D eigenvalue weighted by Crippen LogP contribution is 2.44. The van der Waals surface area contributed by atoms with Crippen LogP contribution in [0.1, 0.15) is 37.4 Å². The molecule has 0 amide bonds. The molecule has 4 rings (SSSR count). The van der Waals surface area contributed by atoms with Crippen LogP contribution in [0.5, 0.6) is 0 Å². The van der Waals surface area contributed by atoms with Crippen LogP contribution in [0.25, 0.3) is 11.1 Å². The molecular weight excluding hydrogens is 292 g/mol. The number of nitrogens with zero attached hydrogens (tertiary/aromatic N) is 2. The van der Waals surface area contributed by atoms with Crippen LogP contribution in [0, 0.1) is 5.92 Å². The van der Waals surface area contributed by atoms with Crippen molar-refractivity contribution in [3.05, 3.63) is 53.3 Å². The summed E-state index contributed by atoms with van der Waals surface area (Å²) in [5, 5.41) is 0.771. The van der Waals surface area contributed by atoms with Gasteiger partial charge in [0.05, 0.1) is 11.7 Å². The molecule has 0 N–H and O–H groups in total. The fraction of sp³-hybridized carbons (Fsp3) is 0.421. The third-order valence-electron chi connectivity index (χ3n) is 5.44. The first-order chi connectivity index (χ1) is 10.7. The van der Waals surface area contributed by atoms with Gasteiger partial charge in [0.1, 0.15) is 0 Å². The molecule has 3 heteroatoms. The van der Waals surface area contributed by atoms with Gasteiger partial charge in [-0.25, -0.2) is 0 Å². The number of pyridine rings is 1. The van der Waals surface area contributed by atoms with Crippen LogP contribution in [0.15, 0.2) is 42.6 Å². The number of fused-ring (bicyclic) bond motifs is 2. The maximum atomic E-state index is 5.95. The van der Waals surface area contributed by atoms with E-state index in [4.69, 9.17) is 16.6 Å². The van der Waals surface area contributed by atoms with E-state index < -0.39 is 0 Å². The summed E-state index contributed by atoms with van der Waals surface area (Å²) in [5.41, 5.74) is 3.54. The van der Waals surface area contributed by atoms with Gasteiger partial charge < -0.3 is 0 Å². The molecule has 0 radical (unpaired) electrons. The van der Waals surface area contributed by atoms with E-state index in [1.807, 2.05) is 30.5 Å². The monoisotopic (exact) mass is 312 g/mol. The van der Waals surface area contributed by atoms with Crippen LogP contribution in [0.4, 0.5) is 0 Å². The molecule has 3 atom stereocenters. The van der Waals surface area contributed by atoms with Gasteiger partial charge in [-0.3, -0.25) is 9.88 Å². The van der Waals surface area contributed by atoms with Gasteiger partial charge >= 0.3 is 0 Å². The lowest BCUT2D eigenvalue weighted by Crippen LogP contribution is -2.37. The van der Waals surface area contributed by atoms with E-state index in [0.717, 1.165) is 22.5 Å². The van der Waals surface area contributed by atoms with Crippen molar-refractivity contribution >= 4 is 11.6 Å². The Hall–Kier alpha value is -1.38. The molecule has 114 valence electrons. The van der Waals surface area contributed by atoms with Gasteiger partial charge in [0.15, 0.2) is 0 Å². The molecule has 1 aliphatic carbocycles. The van der Waals surface area contributed by atoms with Gasteiger partial charge in [-0.05, 0) is 62.4 Å². The molecule has 2 nitrogen and oxygen atoms in total. The second-order valence-corrected chi connectivity index (χ2v) is 7.16. The molecule has 1 aliphatic heterocycles. The molecule has 3 unspecified atom stereocenters. The van der Waals surface area contributed by atoms with Gasteiger partial charge in [-0.15, -0.1) is 0 Å². The van der Waals surface area contributed by atoms with E-state index >= 15 is 0 Å². The molecule has 1 saturated heterocycles. The first-order valence-corrected chi connectivity index (χ1v) is 8.52. The van der Waals surface area contributed by atoms with Gasteiger partial charge in [0, 0.05) is 22.8 Å². The molecule has 0 spiro atoms. The quantitative estimate of drug-likeness (QED) is 0.780. The third-order valence-corrected chi connectivity index (χ3v) is 5.70. The maximum Gasteiger partial charge on any atom is 0.0575 e. The zero-order valence-electron chi connectivity index (χ0n) is 12.9. The van der Waals surface area contributed by atoms with Crippen molar-refractivity contribution in [1.82, 2.24) is 9.88 Å². The highest BCUT2D eigenvalue weighted by atomic mass is 35.5. The zero-order chi connectivity index (χ0) is 15.1. The first kappa shape index (κ1) is 14.2. The Bertz CT molecular complexity index is 650. The minimum absolute atomic E-state index is 0.491. The normalized spacial score (nSPS) is 28.0. The third kappa shape index (κ3) is 2.55. The Balaban J connectivity index is 1.58. The number of aromatic nitrogens is 1. The van der Waals surface area contributed by atoms with Crippen molar-refractivity contribution in [2.45, 2.75) is 37.8 Å². The van der Waals surface area contributed by atoms with Crippen molar-refractivity contribution in [3.63, 3.8) is 0 Å². The number of benzene rings is 1. The smallest absolute Gasteiger partial charge is 0.0575 e. The van der Waals surface area contributed by atoms with Gasteiger partial charge in [0.25, 0.3) is 0 Å². The highest BCUT2D eigenvalue weighted by Gasteiger charge is 2.38. The van der Waals surface area contributed by atoms with Crippen LogP contribution < -0.4 is 0 Å². The maximum absolute atomic E-state index is 5.95. The molecule has 2 aliphatic rings. The molecule has 1 aromatic heterocycles. The van der Waals surface area contributed by atoms with Gasteiger partial charge in [-0.2, -0.15) is 0 Å². The lowest BCUT2D eigenvalue weighted by Gasteiger charge is -2.37. The molecular formula is C19H21ClN2. The van der Waals surface area contributed by atoms with E-state index in [-0.39, 0.29) is 0 Å². The Morgan fingerprint density at radius 1 is 1.00 bits per heavy atom. The Morgan fingerprint density at radius 3 is 2.50 bits per heavy atom.